The van der Waals surface area contributed by atoms with Crippen LogP contribution >= 0.6 is 11.3 Å². The van der Waals surface area contributed by atoms with Crippen LogP contribution in [0.4, 0.5) is 10.8 Å². The molecular weight excluding hydrogens is 420 g/mol. The molecule has 0 saturated heterocycles. The lowest BCUT2D eigenvalue weighted by Crippen LogP contribution is -2.36. The molecule has 0 radical (unpaired) electrons. The third-order valence-corrected chi connectivity index (χ3v) is 5.82. The zero-order valence-electron chi connectivity index (χ0n) is 17.1. The molecule has 10 heteroatoms. The number of fused-ring (bicyclic) bond motifs is 1. The lowest BCUT2D eigenvalue weighted by atomic mass is 10.2. The van der Waals surface area contributed by atoms with Crippen molar-refractivity contribution in [1.29, 1.82) is 0 Å². The molecular formula is C21H22N4O5S. The summed E-state index contributed by atoms with van der Waals surface area (Å²) in [6, 6.07) is 8.50. The third kappa shape index (κ3) is 4.86. The maximum Gasteiger partial charge on any atom is 0.293 e. The number of anilines is 2. The van der Waals surface area contributed by atoms with Crippen molar-refractivity contribution in [3.05, 3.63) is 52.9 Å². The third-order valence-electron chi connectivity index (χ3n) is 4.82. The van der Waals surface area contributed by atoms with E-state index in [1.165, 1.54) is 17.6 Å². The van der Waals surface area contributed by atoms with Gasteiger partial charge in [-0.15, -0.1) is 11.3 Å². The molecule has 1 aromatic carbocycles. The summed E-state index contributed by atoms with van der Waals surface area (Å²) in [7, 11) is 3.12. The van der Waals surface area contributed by atoms with Gasteiger partial charge in [0.1, 0.15) is 11.5 Å². The second-order valence-electron chi connectivity index (χ2n) is 6.90. The number of amides is 2. The quantitative estimate of drug-likeness (QED) is 0.579. The zero-order chi connectivity index (χ0) is 21.8. The van der Waals surface area contributed by atoms with E-state index in [-0.39, 0.29) is 24.1 Å². The molecule has 0 atom stereocenters. The van der Waals surface area contributed by atoms with Crippen LogP contribution in [0, 0.1) is 0 Å². The standard InChI is InChI=1S/C21H22N4O5S/c1-28-13-5-6-16(29-2)15(10-13)22-19(26)12-25-8-7-14-18(11-25)31-21(23-14)24-20(27)17-4-3-9-30-17/h3-6,9-10H,7-8,11-12H2,1-2H3,(H,22,26)(H,23,24,27). The van der Waals surface area contributed by atoms with Crippen LogP contribution < -0.4 is 20.1 Å². The Morgan fingerprint density at radius 3 is 2.84 bits per heavy atom. The number of hydrogen-bond donors (Lipinski definition) is 2. The average Bonchev–Trinajstić information content (AvgIpc) is 3.43. The molecule has 0 bridgehead atoms. The first-order valence-electron chi connectivity index (χ1n) is 9.63. The second-order valence-corrected chi connectivity index (χ2v) is 7.98. The summed E-state index contributed by atoms with van der Waals surface area (Å²) in [5.41, 5.74) is 1.51. The van der Waals surface area contributed by atoms with Crippen LogP contribution in [0.2, 0.25) is 0 Å². The van der Waals surface area contributed by atoms with E-state index in [9.17, 15) is 9.59 Å². The van der Waals surface area contributed by atoms with Crippen LogP contribution in [0.15, 0.2) is 41.0 Å². The number of nitrogens with one attached hydrogen (secondary N) is 2. The van der Waals surface area contributed by atoms with Gasteiger partial charge in [-0.2, -0.15) is 0 Å². The minimum Gasteiger partial charge on any atom is -0.497 e. The van der Waals surface area contributed by atoms with E-state index < -0.39 is 0 Å². The Hall–Kier alpha value is -3.37. The predicted molar refractivity (Wildman–Crippen MR) is 116 cm³/mol. The highest BCUT2D eigenvalue weighted by atomic mass is 32.1. The summed E-state index contributed by atoms with van der Waals surface area (Å²) >= 11 is 1.41. The number of nitrogens with zero attached hydrogens (tertiary/aromatic N) is 2. The highest BCUT2D eigenvalue weighted by molar-refractivity contribution is 7.15. The lowest BCUT2D eigenvalue weighted by Gasteiger charge is -2.25. The van der Waals surface area contributed by atoms with E-state index >= 15 is 0 Å². The number of benzene rings is 1. The first-order valence-corrected chi connectivity index (χ1v) is 10.4. The van der Waals surface area contributed by atoms with Gasteiger partial charge in [-0.1, -0.05) is 0 Å². The van der Waals surface area contributed by atoms with Crippen molar-refractivity contribution >= 4 is 34.0 Å². The Balaban J connectivity index is 1.36. The first-order chi connectivity index (χ1) is 15.1. The fraction of sp³-hybridized carbons (Fsp3) is 0.286. The van der Waals surface area contributed by atoms with Crippen molar-refractivity contribution in [2.75, 3.05) is 37.9 Å². The summed E-state index contributed by atoms with van der Waals surface area (Å²) in [5.74, 6) is 0.951. The van der Waals surface area contributed by atoms with Gasteiger partial charge in [0, 0.05) is 30.5 Å². The van der Waals surface area contributed by atoms with Crippen molar-refractivity contribution in [2.45, 2.75) is 13.0 Å². The fourth-order valence-electron chi connectivity index (χ4n) is 3.31. The van der Waals surface area contributed by atoms with Crippen molar-refractivity contribution in [1.82, 2.24) is 9.88 Å². The molecule has 2 amide bonds. The van der Waals surface area contributed by atoms with Gasteiger partial charge in [0.15, 0.2) is 10.9 Å². The predicted octanol–water partition coefficient (Wildman–Crippen LogP) is 3.00. The summed E-state index contributed by atoms with van der Waals surface area (Å²) < 4.78 is 15.6. The van der Waals surface area contributed by atoms with Crippen LogP contribution in [0.3, 0.4) is 0 Å². The number of carbonyl (C=O) groups excluding carboxylic acids is 2. The normalized spacial score (nSPS) is 13.4. The molecule has 2 aromatic heterocycles. The molecule has 2 N–H and O–H groups in total. The molecule has 0 spiro atoms. The van der Waals surface area contributed by atoms with E-state index in [0.717, 1.165) is 10.6 Å². The van der Waals surface area contributed by atoms with Crippen molar-refractivity contribution in [3.63, 3.8) is 0 Å². The van der Waals surface area contributed by atoms with Crippen molar-refractivity contribution < 1.29 is 23.5 Å². The van der Waals surface area contributed by atoms with Gasteiger partial charge in [-0.3, -0.25) is 19.8 Å². The Morgan fingerprint density at radius 1 is 1.23 bits per heavy atom. The number of rotatable bonds is 7. The molecule has 1 aliphatic heterocycles. The fourth-order valence-corrected chi connectivity index (χ4v) is 4.35. The van der Waals surface area contributed by atoms with Gasteiger partial charge in [0.25, 0.3) is 5.91 Å². The summed E-state index contributed by atoms with van der Waals surface area (Å²) in [6.07, 6.45) is 2.16. The molecule has 31 heavy (non-hydrogen) atoms. The molecule has 0 unspecified atom stereocenters. The Labute approximate surface area is 183 Å². The monoisotopic (exact) mass is 442 g/mol. The maximum absolute atomic E-state index is 12.6. The SMILES string of the molecule is COc1ccc(OC)c(NC(=O)CN2CCc3nc(NC(=O)c4ccco4)sc3C2)c1. The largest absolute Gasteiger partial charge is 0.497 e. The number of hydrogen-bond acceptors (Lipinski definition) is 8. The average molecular weight is 442 g/mol. The van der Waals surface area contributed by atoms with Crippen LogP contribution in [-0.4, -0.2) is 49.0 Å². The van der Waals surface area contributed by atoms with Crippen LogP contribution in [0.5, 0.6) is 11.5 Å². The number of methoxy groups -OCH3 is 2. The molecule has 3 heterocycles. The molecule has 3 aromatic rings. The number of ether oxygens (including phenoxy) is 2. The summed E-state index contributed by atoms with van der Waals surface area (Å²) in [4.78, 5) is 32.4. The number of thiazole rings is 1. The maximum atomic E-state index is 12.6. The molecule has 4 rings (SSSR count). The Kier molecular flexibility index (Phi) is 6.19. The van der Waals surface area contributed by atoms with Crippen molar-refractivity contribution in [3.8, 4) is 11.5 Å². The van der Waals surface area contributed by atoms with E-state index in [1.807, 2.05) is 4.90 Å². The molecule has 1 aliphatic rings. The van der Waals surface area contributed by atoms with Crippen molar-refractivity contribution in [2.24, 2.45) is 0 Å². The highest BCUT2D eigenvalue weighted by Crippen LogP contribution is 2.30. The molecule has 9 nitrogen and oxygen atoms in total. The number of carbonyl (C=O) groups is 2. The van der Waals surface area contributed by atoms with Gasteiger partial charge in [-0.25, -0.2) is 4.98 Å². The van der Waals surface area contributed by atoms with Gasteiger partial charge in [0.05, 0.1) is 38.4 Å². The summed E-state index contributed by atoms with van der Waals surface area (Å²) in [6.45, 7) is 1.52. The highest BCUT2D eigenvalue weighted by Gasteiger charge is 2.23. The van der Waals surface area contributed by atoms with Crippen LogP contribution in [0.1, 0.15) is 21.1 Å². The van der Waals surface area contributed by atoms with Gasteiger partial charge in [0.2, 0.25) is 5.91 Å². The lowest BCUT2D eigenvalue weighted by molar-refractivity contribution is -0.117. The van der Waals surface area contributed by atoms with E-state index in [4.69, 9.17) is 13.9 Å². The van der Waals surface area contributed by atoms with Crippen LogP contribution in [0.25, 0.3) is 0 Å². The minimum atomic E-state index is -0.334. The van der Waals surface area contributed by atoms with E-state index in [2.05, 4.69) is 15.6 Å². The first kappa shape index (κ1) is 20.9. The minimum absolute atomic E-state index is 0.147. The van der Waals surface area contributed by atoms with E-state index in [0.29, 0.717) is 41.8 Å². The molecule has 0 aliphatic carbocycles. The van der Waals surface area contributed by atoms with Gasteiger partial charge < -0.3 is 19.2 Å². The number of aromatic nitrogens is 1. The zero-order valence-corrected chi connectivity index (χ0v) is 18.0. The molecule has 0 fully saturated rings. The topological polar surface area (TPSA) is 106 Å². The molecule has 162 valence electrons. The van der Waals surface area contributed by atoms with Gasteiger partial charge in [-0.05, 0) is 24.3 Å². The Bertz CT molecular complexity index is 1080. The smallest absolute Gasteiger partial charge is 0.293 e. The van der Waals surface area contributed by atoms with Gasteiger partial charge >= 0.3 is 0 Å². The Morgan fingerprint density at radius 2 is 2.10 bits per heavy atom. The summed E-state index contributed by atoms with van der Waals surface area (Å²) in [5, 5.41) is 6.18. The second kappa shape index (κ2) is 9.19. The molecule has 0 saturated carbocycles. The number of furan rings is 1. The van der Waals surface area contributed by atoms with Crippen LogP contribution in [-0.2, 0) is 17.8 Å². The van der Waals surface area contributed by atoms with E-state index in [1.54, 1.807) is 44.6 Å².